The van der Waals surface area contributed by atoms with Gasteiger partial charge in [0.15, 0.2) is 0 Å². The molecule has 1 amide bonds. The molecule has 2 N–H and O–H groups in total. The molecule has 1 saturated heterocycles. The van der Waals surface area contributed by atoms with E-state index in [1.807, 2.05) is 19.1 Å². The maximum absolute atomic E-state index is 12.9. The van der Waals surface area contributed by atoms with Gasteiger partial charge in [-0.05, 0) is 26.0 Å². The number of para-hydroxylation sites is 1. The molecule has 1 aromatic carbocycles. The number of anilines is 1. The van der Waals surface area contributed by atoms with Crippen molar-refractivity contribution in [3.05, 3.63) is 45.6 Å². The molecule has 3 heterocycles. The van der Waals surface area contributed by atoms with Crippen LogP contribution in [0.5, 0.6) is 0 Å². The number of halogens is 1. The number of aromatic amines is 1. The standard InChI is InChI=1S/C19H21ClN4O2S/c1-11-21-17-16(27-11)12(8-24-9-19(2,10-24)26-3)15(23-17)18(25)22-14-7-5-4-6-13(14)20/h4-7,23H,8-10H2,1-3H3,(H,22,25). The van der Waals surface area contributed by atoms with Crippen molar-refractivity contribution in [3.8, 4) is 0 Å². The normalized spacial score (nSPS) is 16.4. The number of thiazole rings is 1. The molecule has 8 heteroatoms. The number of H-pyrrole nitrogens is 1. The Labute approximate surface area is 166 Å². The van der Waals surface area contributed by atoms with Crippen molar-refractivity contribution in [2.45, 2.75) is 26.0 Å². The van der Waals surface area contributed by atoms with Crippen molar-refractivity contribution in [1.82, 2.24) is 14.9 Å². The highest BCUT2D eigenvalue weighted by molar-refractivity contribution is 7.18. The van der Waals surface area contributed by atoms with Crippen LogP contribution in [-0.4, -0.2) is 46.6 Å². The van der Waals surface area contributed by atoms with Gasteiger partial charge in [0, 0.05) is 32.3 Å². The van der Waals surface area contributed by atoms with Gasteiger partial charge in [-0.1, -0.05) is 23.7 Å². The van der Waals surface area contributed by atoms with E-state index < -0.39 is 0 Å². The van der Waals surface area contributed by atoms with E-state index in [-0.39, 0.29) is 11.5 Å². The molecule has 0 unspecified atom stereocenters. The zero-order valence-corrected chi connectivity index (χ0v) is 17.0. The van der Waals surface area contributed by atoms with Crippen LogP contribution in [0.4, 0.5) is 5.69 Å². The second-order valence-corrected chi connectivity index (χ2v) is 8.73. The third-order valence-corrected chi connectivity index (χ3v) is 6.25. The number of benzene rings is 1. The molecule has 2 aromatic heterocycles. The lowest BCUT2D eigenvalue weighted by Crippen LogP contribution is -2.60. The lowest BCUT2D eigenvalue weighted by Gasteiger charge is -2.46. The van der Waals surface area contributed by atoms with Crippen LogP contribution < -0.4 is 5.32 Å². The third-order valence-electron chi connectivity index (χ3n) is 4.89. The summed E-state index contributed by atoms with van der Waals surface area (Å²) in [4.78, 5) is 22.9. The van der Waals surface area contributed by atoms with Crippen LogP contribution in [0.2, 0.25) is 5.02 Å². The molecule has 0 spiro atoms. The third kappa shape index (κ3) is 3.48. The number of rotatable bonds is 5. The zero-order chi connectivity index (χ0) is 19.2. The number of amides is 1. The number of ether oxygens (including phenoxy) is 1. The fourth-order valence-electron chi connectivity index (χ4n) is 3.48. The maximum atomic E-state index is 12.9. The molecule has 6 nitrogen and oxygen atoms in total. The minimum atomic E-state index is -0.212. The van der Waals surface area contributed by atoms with Gasteiger partial charge in [-0.15, -0.1) is 11.3 Å². The largest absolute Gasteiger partial charge is 0.376 e. The van der Waals surface area contributed by atoms with Crippen LogP contribution >= 0.6 is 22.9 Å². The Morgan fingerprint density at radius 1 is 1.44 bits per heavy atom. The van der Waals surface area contributed by atoms with Gasteiger partial charge in [-0.3, -0.25) is 9.69 Å². The second kappa shape index (κ2) is 6.91. The van der Waals surface area contributed by atoms with Crippen LogP contribution in [0, 0.1) is 6.92 Å². The van der Waals surface area contributed by atoms with Crippen molar-refractivity contribution in [2.24, 2.45) is 0 Å². The van der Waals surface area contributed by atoms with Gasteiger partial charge >= 0.3 is 0 Å². The quantitative estimate of drug-likeness (QED) is 0.672. The van der Waals surface area contributed by atoms with Gasteiger partial charge in [-0.25, -0.2) is 4.98 Å². The van der Waals surface area contributed by atoms with Gasteiger partial charge in [0.1, 0.15) is 11.3 Å². The van der Waals surface area contributed by atoms with Crippen LogP contribution in [-0.2, 0) is 11.3 Å². The second-order valence-electron chi connectivity index (χ2n) is 7.12. The Morgan fingerprint density at radius 2 is 2.19 bits per heavy atom. The summed E-state index contributed by atoms with van der Waals surface area (Å²) in [5.74, 6) is -0.212. The molecule has 0 atom stereocenters. The SMILES string of the molecule is COC1(C)CN(Cc2c(C(=O)Nc3ccccc3Cl)[nH]c3nc(C)sc23)C1. The van der Waals surface area contributed by atoms with E-state index in [9.17, 15) is 4.79 Å². The predicted octanol–water partition coefficient (Wildman–Crippen LogP) is 4.06. The van der Waals surface area contributed by atoms with Crippen LogP contribution in [0.25, 0.3) is 10.3 Å². The Bertz CT molecular complexity index is 1010. The molecule has 1 aliphatic heterocycles. The summed E-state index contributed by atoms with van der Waals surface area (Å²) < 4.78 is 6.56. The first kappa shape index (κ1) is 18.4. The van der Waals surface area contributed by atoms with E-state index >= 15 is 0 Å². The Morgan fingerprint density at radius 3 is 2.89 bits per heavy atom. The van der Waals surface area contributed by atoms with Gasteiger partial charge in [0.05, 0.1) is 26.0 Å². The average Bonchev–Trinajstić information content (AvgIpc) is 3.12. The summed E-state index contributed by atoms with van der Waals surface area (Å²) in [5, 5.41) is 4.38. The Balaban J connectivity index is 1.63. The van der Waals surface area contributed by atoms with E-state index in [4.69, 9.17) is 16.3 Å². The van der Waals surface area contributed by atoms with Crippen LogP contribution in [0.3, 0.4) is 0 Å². The van der Waals surface area contributed by atoms with Gasteiger partial charge < -0.3 is 15.0 Å². The molecule has 27 heavy (non-hydrogen) atoms. The van der Waals surface area contributed by atoms with Crippen molar-refractivity contribution in [3.63, 3.8) is 0 Å². The van der Waals surface area contributed by atoms with E-state index in [2.05, 4.69) is 27.1 Å². The lowest BCUT2D eigenvalue weighted by atomic mass is 9.96. The number of carbonyl (C=O) groups is 1. The van der Waals surface area contributed by atoms with Crippen molar-refractivity contribution < 1.29 is 9.53 Å². The Hall–Kier alpha value is -1.93. The van der Waals surface area contributed by atoms with Crippen molar-refractivity contribution in [2.75, 3.05) is 25.5 Å². The summed E-state index contributed by atoms with van der Waals surface area (Å²) in [5.41, 5.74) is 2.74. The predicted molar refractivity (Wildman–Crippen MR) is 109 cm³/mol. The van der Waals surface area contributed by atoms with Gasteiger partial charge in [0.2, 0.25) is 0 Å². The smallest absolute Gasteiger partial charge is 0.272 e. The fraction of sp³-hybridized carbons (Fsp3) is 0.368. The molecule has 0 aliphatic carbocycles. The number of hydrogen-bond acceptors (Lipinski definition) is 5. The summed E-state index contributed by atoms with van der Waals surface area (Å²) >= 11 is 7.78. The van der Waals surface area contributed by atoms with Crippen LogP contribution in [0.1, 0.15) is 28.0 Å². The first-order chi connectivity index (χ1) is 12.9. The molecular weight excluding hydrogens is 384 g/mol. The molecule has 0 bridgehead atoms. The maximum Gasteiger partial charge on any atom is 0.272 e. The zero-order valence-electron chi connectivity index (χ0n) is 15.4. The van der Waals surface area contributed by atoms with Gasteiger partial charge in [-0.2, -0.15) is 0 Å². The highest BCUT2D eigenvalue weighted by Crippen LogP contribution is 2.33. The first-order valence-corrected chi connectivity index (χ1v) is 9.89. The van der Waals surface area contributed by atoms with Gasteiger partial charge in [0.25, 0.3) is 5.91 Å². The number of likely N-dealkylation sites (tertiary alicyclic amines) is 1. The van der Waals surface area contributed by atoms with E-state index in [0.29, 0.717) is 22.9 Å². The molecule has 0 radical (unpaired) electrons. The lowest BCUT2D eigenvalue weighted by molar-refractivity contribution is -0.114. The molecule has 4 rings (SSSR count). The number of methoxy groups -OCH3 is 1. The van der Waals surface area contributed by atoms with Crippen LogP contribution in [0.15, 0.2) is 24.3 Å². The number of aromatic nitrogens is 2. The number of nitrogens with zero attached hydrogens (tertiary/aromatic N) is 2. The summed E-state index contributed by atoms with van der Waals surface area (Å²) in [7, 11) is 1.74. The topological polar surface area (TPSA) is 70.2 Å². The average molecular weight is 405 g/mol. The molecule has 0 saturated carbocycles. The minimum Gasteiger partial charge on any atom is -0.376 e. The highest BCUT2D eigenvalue weighted by Gasteiger charge is 2.39. The number of aryl methyl sites for hydroxylation is 1. The van der Waals surface area contributed by atoms with Crippen molar-refractivity contribution in [1.29, 1.82) is 0 Å². The first-order valence-electron chi connectivity index (χ1n) is 8.70. The summed E-state index contributed by atoms with van der Waals surface area (Å²) in [6.07, 6.45) is 0. The molecule has 1 fully saturated rings. The van der Waals surface area contributed by atoms with E-state index in [1.165, 1.54) is 0 Å². The highest BCUT2D eigenvalue weighted by atomic mass is 35.5. The molecular formula is C19H21ClN4O2S. The number of carbonyl (C=O) groups excluding carboxylic acids is 1. The molecule has 142 valence electrons. The monoisotopic (exact) mass is 404 g/mol. The van der Waals surface area contributed by atoms with Crippen molar-refractivity contribution >= 4 is 44.9 Å². The minimum absolute atomic E-state index is 0.112. The summed E-state index contributed by atoms with van der Waals surface area (Å²) in [6.45, 7) is 6.40. The number of fused-ring (bicyclic) bond motifs is 1. The van der Waals surface area contributed by atoms with E-state index in [1.54, 1.807) is 30.6 Å². The Kier molecular flexibility index (Phi) is 4.71. The molecule has 1 aliphatic rings. The number of nitrogens with one attached hydrogen (secondary N) is 2. The number of hydrogen-bond donors (Lipinski definition) is 2. The fourth-order valence-corrected chi connectivity index (χ4v) is 4.58. The van der Waals surface area contributed by atoms with E-state index in [0.717, 1.165) is 34.0 Å². The molecule has 3 aromatic rings. The summed E-state index contributed by atoms with van der Waals surface area (Å²) in [6, 6.07) is 7.21.